The first kappa shape index (κ1) is 12.2. The van der Waals surface area contributed by atoms with E-state index >= 15 is 0 Å². The van der Waals surface area contributed by atoms with Gasteiger partial charge in [-0.1, -0.05) is 19.9 Å². The van der Waals surface area contributed by atoms with Gasteiger partial charge in [-0.3, -0.25) is 9.88 Å². The van der Waals surface area contributed by atoms with E-state index in [9.17, 15) is 0 Å². The summed E-state index contributed by atoms with van der Waals surface area (Å²) in [6, 6.07) is 4.74. The normalized spacial score (nSPS) is 11.7. The lowest BCUT2D eigenvalue weighted by Gasteiger charge is -2.28. The molecule has 1 aromatic heterocycles. The van der Waals surface area contributed by atoms with E-state index in [2.05, 4.69) is 43.6 Å². The molecule has 2 nitrogen and oxygen atoms in total. The molecule has 0 saturated carbocycles. The van der Waals surface area contributed by atoms with Crippen molar-refractivity contribution in [2.24, 2.45) is 5.92 Å². The highest BCUT2D eigenvalue weighted by atomic mass is 15.1. The molecule has 0 unspecified atom stereocenters. The van der Waals surface area contributed by atoms with Gasteiger partial charge in [0.1, 0.15) is 0 Å². The summed E-state index contributed by atoms with van der Waals surface area (Å²) in [5.74, 6) is 0.712. The zero-order valence-electron chi connectivity index (χ0n) is 10.3. The second-order valence-electron chi connectivity index (χ2n) is 4.78. The van der Waals surface area contributed by atoms with Crippen molar-refractivity contribution in [2.45, 2.75) is 40.3 Å². The molecule has 0 aliphatic carbocycles. The number of hydrogen-bond acceptors (Lipinski definition) is 2. The fourth-order valence-corrected chi connectivity index (χ4v) is 1.65. The van der Waals surface area contributed by atoms with E-state index in [1.54, 1.807) is 0 Å². The highest BCUT2D eigenvalue weighted by Gasteiger charge is 2.11. The van der Waals surface area contributed by atoms with Gasteiger partial charge < -0.3 is 0 Å². The molecule has 15 heavy (non-hydrogen) atoms. The largest absolute Gasteiger partial charge is 0.296 e. The second kappa shape index (κ2) is 5.86. The Morgan fingerprint density at radius 3 is 2.47 bits per heavy atom. The topological polar surface area (TPSA) is 16.1 Å². The third kappa shape index (κ3) is 4.43. The SMILES string of the molecule is CC(C)CN(Cc1cccnc1)C(C)C. The van der Waals surface area contributed by atoms with Gasteiger partial charge in [0.2, 0.25) is 0 Å². The molecule has 84 valence electrons. The van der Waals surface area contributed by atoms with Crippen LogP contribution in [0.5, 0.6) is 0 Å². The number of pyridine rings is 1. The molecule has 1 aromatic rings. The van der Waals surface area contributed by atoms with Crippen LogP contribution in [0.3, 0.4) is 0 Å². The van der Waals surface area contributed by atoms with Crippen LogP contribution < -0.4 is 0 Å². The summed E-state index contributed by atoms with van der Waals surface area (Å²) in [7, 11) is 0. The summed E-state index contributed by atoms with van der Waals surface area (Å²) in [4.78, 5) is 6.64. The standard InChI is InChI=1S/C13H22N2/c1-11(2)9-15(12(3)4)10-13-6-5-7-14-8-13/h5-8,11-12H,9-10H2,1-4H3. The Hall–Kier alpha value is -0.890. The van der Waals surface area contributed by atoms with Crippen LogP contribution >= 0.6 is 0 Å². The van der Waals surface area contributed by atoms with Crippen molar-refractivity contribution >= 4 is 0 Å². The quantitative estimate of drug-likeness (QED) is 0.736. The minimum Gasteiger partial charge on any atom is -0.296 e. The fourth-order valence-electron chi connectivity index (χ4n) is 1.65. The minimum absolute atomic E-state index is 0.590. The Balaban J connectivity index is 2.59. The zero-order chi connectivity index (χ0) is 11.3. The molecule has 0 aliphatic heterocycles. The summed E-state index contributed by atoms with van der Waals surface area (Å²) in [6.07, 6.45) is 3.78. The molecule has 0 bridgehead atoms. The molecular weight excluding hydrogens is 184 g/mol. The third-order valence-corrected chi connectivity index (χ3v) is 2.44. The van der Waals surface area contributed by atoms with E-state index in [0.29, 0.717) is 12.0 Å². The van der Waals surface area contributed by atoms with E-state index < -0.39 is 0 Å². The van der Waals surface area contributed by atoms with Crippen molar-refractivity contribution in [3.63, 3.8) is 0 Å². The molecule has 0 saturated heterocycles. The van der Waals surface area contributed by atoms with Crippen LogP contribution in [-0.4, -0.2) is 22.5 Å². The molecule has 0 N–H and O–H groups in total. The summed E-state index contributed by atoms with van der Waals surface area (Å²) in [5.41, 5.74) is 1.30. The predicted molar refractivity (Wildman–Crippen MR) is 64.6 cm³/mol. The first-order valence-electron chi connectivity index (χ1n) is 5.72. The van der Waals surface area contributed by atoms with Crippen LogP contribution in [0, 0.1) is 5.92 Å². The van der Waals surface area contributed by atoms with Gasteiger partial charge in [-0.15, -0.1) is 0 Å². The van der Waals surface area contributed by atoms with Crippen molar-refractivity contribution in [2.75, 3.05) is 6.54 Å². The number of hydrogen-bond donors (Lipinski definition) is 0. The van der Waals surface area contributed by atoms with E-state index in [4.69, 9.17) is 0 Å². The van der Waals surface area contributed by atoms with Gasteiger partial charge in [-0.25, -0.2) is 0 Å². The molecule has 0 fully saturated rings. The Bertz CT molecular complexity index is 267. The van der Waals surface area contributed by atoms with Crippen molar-refractivity contribution in [1.29, 1.82) is 0 Å². The fraction of sp³-hybridized carbons (Fsp3) is 0.615. The zero-order valence-corrected chi connectivity index (χ0v) is 10.3. The van der Waals surface area contributed by atoms with Gasteiger partial charge in [0.25, 0.3) is 0 Å². The molecule has 0 aromatic carbocycles. The summed E-state index contributed by atoms with van der Waals surface area (Å²) < 4.78 is 0. The first-order valence-corrected chi connectivity index (χ1v) is 5.72. The minimum atomic E-state index is 0.590. The summed E-state index contributed by atoms with van der Waals surface area (Å²) >= 11 is 0. The molecule has 1 heterocycles. The molecule has 0 atom stereocenters. The van der Waals surface area contributed by atoms with Crippen LogP contribution in [0.1, 0.15) is 33.3 Å². The van der Waals surface area contributed by atoms with Crippen molar-refractivity contribution in [3.05, 3.63) is 30.1 Å². The van der Waals surface area contributed by atoms with Gasteiger partial charge in [-0.05, 0) is 31.4 Å². The molecule has 1 rings (SSSR count). The molecule has 0 amide bonds. The van der Waals surface area contributed by atoms with Crippen LogP contribution in [0.25, 0.3) is 0 Å². The monoisotopic (exact) mass is 206 g/mol. The predicted octanol–water partition coefficient (Wildman–Crippen LogP) is 2.95. The molecule has 0 radical (unpaired) electrons. The maximum absolute atomic E-state index is 4.15. The first-order chi connectivity index (χ1) is 7.09. The Kier molecular flexibility index (Phi) is 4.76. The summed E-state index contributed by atoms with van der Waals surface area (Å²) in [6.45, 7) is 11.2. The molecule has 0 spiro atoms. The van der Waals surface area contributed by atoms with Crippen molar-refractivity contribution in [3.8, 4) is 0 Å². The average Bonchev–Trinajstić information content (AvgIpc) is 2.17. The third-order valence-electron chi connectivity index (χ3n) is 2.44. The lowest BCUT2D eigenvalue weighted by Crippen LogP contribution is -2.33. The average molecular weight is 206 g/mol. The van der Waals surface area contributed by atoms with Crippen molar-refractivity contribution < 1.29 is 0 Å². The van der Waals surface area contributed by atoms with E-state index in [1.807, 2.05) is 18.5 Å². The van der Waals surface area contributed by atoms with Crippen LogP contribution in [0.4, 0.5) is 0 Å². The molecular formula is C13H22N2. The number of aromatic nitrogens is 1. The van der Waals surface area contributed by atoms with Crippen LogP contribution in [-0.2, 0) is 6.54 Å². The number of nitrogens with zero attached hydrogens (tertiary/aromatic N) is 2. The van der Waals surface area contributed by atoms with Crippen LogP contribution in [0.2, 0.25) is 0 Å². The Labute approximate surface area is 93.3 Å². The van der Waals surface area contributed by atoms with Gasteiger partial charge in [0, 0.05) is 31.5 Å². The lowest BCUT2D eigenvalue weighted by atomic mass is 10.1. The van der Waals surface area contributed by atoms with Crippen molar-refractivity contribution in [1.82, 2.24) is 9.88 Å². The maximum Gasteiger partial charge on any atom is 0.0312 e. The highest BCUT2D eigenvalue weighted by Crippen LogP contribution is 2.09. The van der Waals surface area contributed by atoms with E-state index in [0.717, 1.165) is 13.1 Å². The van der Waals surface area contributed by atoms with Gasteiger partial charge >= 0.3 is 0 Å². The molecule has 2 heteroatoms. The van der Waals surface area contributed by atoms with Gasteiger partial charge in [-0.2, -0.15) is 0 Å². The van der Waals surface area contributed by atoms with Gasteiger partial charge in [0.15, 0.2) is 0 Å². The number of rotatable bonds is 5. The van der Waals surface area contributed by atoms with E-state index in [-0.39, 0.29) is 0 Å². The summed E-state index contributed by atoms with van der Waals surface area (Å²) in [5, 5.41) is 0. The maximum atomic E-state index is 4.15. The smallest absolute Gasteiger partial charge is 0.0312 e. The second-order valence-corrected chi connectivity index (χ2v) is 4.78. The van der Waals surface area contributed by atoms with E-state index in [1.165, 1.54) is 5.56 Å². The Morgan fingerprint density at radius 2 is 2.00 bits per heavy atom. The molecule has 0 aliphatic rings. The van der Waals surface area contributed by atoms with Crippen LogP contribution in [0.15, 0.2) is 24.5 Å². The van der Waals surface area contributed by atoms with Gasteiger partial charge in [0.05, 0.1) is 0 Å². The highest BCUT2D eigenvalue weighted by molar-refractivity contribution is 5.08. The lowest BCUT2D eigenvalue weighted by molar-refractivity contribution is 0.189. The Morgan fingerprint density at radius 1 is 1.27 bits per heavy atom.